The molecule has 4 nitrogen and oxygen atoms in total. The molecule has 0 N–H and O–H groups in total. The zero-order valence-corrected chi connectivity index (χ0v) is 10.00. The normalized spacial score (nSPS) is 12.6. The van der Waals surface area contributed by atoms with Gasteiger partial charge in [0.1, 0.15) is 5.60 Å². The second-order valence-electron chi connectivity index (χ2n) is 4.68. The molecule has 0 aliphatic rings. The van der Waals surface area contributed by atoms with Crippen molar-refractivity contribution in [2.45, 2.75) is 33.3 Å². The van der Waals surface area contributed by atoms with E-state index in [0.717, 1.165) is 6.07 Å². The minimum absolute atomic E-state index is 0.0912. The molecular weight excluding hydrogens is 236 g/mol. The van der Waals surface area contributed by atoms with Crippen molar-refractivity contribution >= 4 is 18.7 Å². The Hall–Kier alpha value is -1.47. The summed E-state index contributed by atoms with van der Waals surface area (Å²) in [7, 11) is 0. The Morgan fingerprint density at radius 1 is 1.41 bits per heavy atom. The Labute approximate surface area is 96.8 Å². The summed E-state index contributed by atoms with van der Waals surface area (Å²) in [5.41, 5.74) is -1.74. The lowest BCUT2D eigenvalue weighted by molar-refractivity contribution is 0.0512. The molecule has 0 saturated heterocycles. The van der Waals surface area contributed by atoms with E-state index in [1.165, 1.54) is 6.92 Å². The zero-order chi connectivity index (χ0) is 13.4. The molecule has 1 aromatic rings. The van der Waals surface area contributed by atoms with E-state index in [-0.39, 0.29) is 5.69 Å². The quantitative estimate of drug-likeness (QED) is 0.715. The van der Waals surface area contributed by atoms with Gasteiger partial charge in [0.05, 0.1) is 0 Å². The van der Waals surface area contributed by atoms with E-state index in [1.807, 2.05) is 0 Å². The first-order valence-corrected chi connectivity index (χ1v) is 5.00. The van der Waals surface area contributed by atoms with Gasteiger partial charge in [0.25, 0.3) is 0 Å². The third kappa shape index (κ3) is 3.50. The molecule has 0 amide bonds. The summed E-state index contributed by atoms with van der Waals surface area (Å²) in [5, 5.41) is 3.21. The van der Waals surface area contributed by atoms with Crippen LogP contribution in [0.3, 0.4) is 0 Å². The Bertz CT molecular complexity index is 434. The molecule has 0 spiro atoms. The molecule has 0 aliphatic heterocycles. The van der Waals surface area contributed by atoms with Gasteiger partial charge in [-0.3, -0.25) is 0 Å². The Morgan fingerprint density at radius 3 is 2.29 bits per heavy atom. The summed E-state index contributed by atoms with van der Waals surface area (Å²) in [5.74, 6) is 0. The highest BCUT2D eigenvalue weighted by atomic mass is 19.4. The predicted molar refractivity (Wildman–Crippen MR) is 57.3 cm³/mol. The van der Waals surface area contributed by atoms with Crippen molar-refractivity contribution in [3.05, 3.63) is 11.8 Å². The Kier molecular flexibility index (Phi) is 3.27. The maximum absolute atomic E-state index is 12.4. The van der Waals surface area contributed by atoms with E-state index in [2.05, 4.69) is 5.10 Å². The number of aryl methyl sites for hydroxylation is 1. The molecule has 0 atom stereocenters. The monoisotopic (exact) mass is 249 g/mol. The number of ether oxygens (including phenoxy) is 1. The molecular formula is C9H13BF3N2O2-. The van der Waals surface area contributed by atoms with Crippen molar-refractivity contribution in [2.24, 2.45) is 0 Å². The van der Waals surface area contributed by atoms with E-state index < -0.39 is 24.3 Å². The Morgan fingerprint density at radius 2 is 1.94 bits per heavy atom. The molecule has 1 heterocycles. The van der Waals surface area contributed by atoms with Gasteiger partial charge in [-0.1, -0.05) is 0 Å². The van der Waals surface area contributed by atoms with Crippen molar-refractivity contribution in [3.8, 4) is 0 Å². The van der Waals surface area contributed by atoms with Gasteiger partial charge in [-0.05, 0) is 33.8 Å². The first-order valence-electron chi connectivity index (χ1n) is 5.00. The third-order valence-electron chi connectivity index (χ3n) is 1.81. The van der Waals surface area contributed by atoms with Crippen LogP contribution in [-0.2, 0) is 4.74 Å². The lowest BCUT2D eigenvalue weighted by Gasteiger charge is -2.19. The van der Waals surface area contributed by atoms with Crippen molar-refractivity contribution in [1.82, 2.24) is 9.78 Å². The maximum atomic E-state index is 12.4. The van der Waals surface area contributed by atoms with Crippen LogP contribution in [0.5, 0.6) is 0 Å². The number of carbonyl (C=O) groups excluding carboxylic acids is 1. The second-order valence-corrected chi connectivity index (χ2v) is 4.68. The molecule has 0 fully saturated rings. The standard InChI is InChI=1S/C9H13BF3N2O2/c1-6-5-7(10(11,12)13)14-15(6)8(16)17-9(2,3)4/h5H,1-4H3/q-1. The number of aromatic nitrogens is 2. The van der Waals surface area contributed by atoms with Gasteiger partial charge >= 0.3 is 13.1 Å². The van der Waals surface area contributed by atoms with Crippen LogP contribution in [0.1, 0.15) is 26.5 Å². The van der Waals surface area contributed by atoms with Crippen LogP contribution in [0.2, 0.25) is 0 Å². The van der Waals surface area contributed by atoms with Gasteiger partial charge in [-0.25, -0.2) is 9.89 Å². The van der Waals surface area contributed by atoms with Crippen molar-refractivity contribution in [3.63, 3.8) is 0 Å². The van der Waals surface area contributed by atoms with Crippen LogP contribution in [0.15, 0.2) is 6.07 Å². The van der Waals surface area contributed by atoms with Crippen LogP contribution < -0.4 is 5.59 Å². The maximum Gasteiger partial charge on any atom is 0.529 e. The van der Waals surface area contributed by atoms with Crippen LogP contribution in [0.25, 0.3) is 0 Å². The van der Waals surface area contributed by atoms with Crippen molar-refractivity contribution in [2.75, 3.05) is 0 Å². The smallest absolute Gasteiger partial charge is 0.444 e. The molecule has 0 unspecified atom stereocenters. The average Bonchev–Trinajstić information content (AvgIpc) is 2.42. The van der Waals surface area contributed by atoms with Crippen LogP contribution in [-0.4, -0.2) is 28.5 Å². The predicted octanol–water partition coefficient (Wildman–Crippen LogP) is 2.03. The first-order chi connectivity index (χ1) is 7.50. The highest BCUT2D eigenvalue weighted by molar-refractivity contribution is 6.72. The molecule has 17 heavy (non-hydrogen) atoms. The number of carbonyl (C=O) groups is 1. The minimum atomic E-state index is -5.21. The summed E-state index contributed by atoms with van der Waals surface area (Å²) in [6.07, 6.45) is -0.915. The third-order valence-corrected chi connectivity index (χ3v) is 1.81. The lowest BCUT2D eigenvalue weighted by atomic mass is 9.86. The van der Waals surface area contributed by atoms with E-state index in [0.29, 0.717) is 4.68 Å². The molecule has 0 bridgehead atoms. The van der Waals surface area contributed by atoms with E-state index >= 15 is 0 Å². The molecule has 0 saturated carbocycles. The number of hydrogen-bond acceptors (Lipinski definition) is 3. The number of hydrogen-bond donors (Lipinski definition) is 0. The topological polar surface area (TPSA) is 44.1 Å². The van der Waals surface area contributed by atoms with Crippen LogP contribution in [0.4, 0.5) is 17.7 Å². The first kappa shape index (κ1) is 13.6. The summed E-state index contributed by atoms with van der Waals surface area (Å²) in [4.78, 5) is 11.5. The lowest BCUT2D eigenvalue weighted by Crippen LogP contribution is -2.37. The number of nitrogens with zero attached hydrogens (tertiary/aromatic N) is 2. The van der Waals surface area contributed by atoms with Gasteiger partial charge in [0.2, 0.25) is 0 Å². The van der Waals surface area contributed by atoms with Gasteiger partial charge < -0.3 is 17.7 Å². The fourth-order valence-electron chi connectivity index (χ4n) is 1.15. The van der Waals surface area contributed by atoms with Crippen molar-refractivity contribution in [1.29, 1.82) is 0 Å². The highest BCUT2D eigenvalue weighted by Gasteiger charge is 2.31. The van der Waals surface area contributed by atoms with Crippen LogP contribution in [0, 0.1) is 6.92 Å². The SMILES string of the molecule is Cc1cc([B-](F)(F)F)nn1C(=O)OC(C)(C)C. The average molecular weight is 249 g/mol. The Balaban J connectivity index is 3.00. The molecule has 8 heteroatoms. The molecule has 0 aliphatic carbocycles. The number of rotatable bonds is 1. The van der Waals surface area contributed by atoms with E-state index in [4.69, 9.17) is 4.74 Å². The minimum Gasteiger partial charge on any atom is -0.444 e. The van der Waals surface area contributed by atoms with E-state index in [9.17, 15) is 17.7 Å². The fraction of sp³-hybridized carbons (Fsp3) is 0.556. The molecule has 0 radical (unpaired) electrons. The second kappa shape index (κ2) is 4.08. The molecule has 96 valence electrons. The van der Waals surface area contributed by atoms with E-state index in [1.54, 1.807) is 20.8 Å². The van der Waals surface area contributed by atoms with Gasteiger partial charge in [-0.15, -0.1) is 0 Å². The van der Waals surface area contributed by atoms with Crippen molar-refractivity contribution < 1.29 is 22.5 Å². The number of halogens is 3. The molecule has 1 aromatic heterocycles. The highest BCUT2D eigenvalue weighted by Crippen LogP contribution is 2.12. The molecule has 0 aromatic carbocycles. The van der Waals surface area contributed by atoms with Gasteiger partial charge in [0, 0.05) is 11.3 Å². The van der Waals surface area contributed by atoms with Gasteiger partial charge in [0.15, 0.2) is 0 Å². The van der Waals surface area contributed by atoms with Crippen LogP contribution >= 0.6 is 0 Å². The summed E-state index contributed by atoms with van der Waals surface area (Å²) in [6.45, 7) is 1.02. The molecule has 1 rings (SSSR count). The summed E-state index contributed by atoms with van der Waals surface area (Å²) < 4.78 is 42.8. The summed E-state index contributed by atoms with van der Waals surface area (Å²) >= 11 is 0. The largest absolute Gasteiger partial charge is 0.529 e. The fourth-order valence-corrected chi connectivity index (χ4v) is 1.15. The van der Waals surface area contributed by atoms with Gasteiger partial charge in [-0.2, -0.15) is 4.68 Å². The summed E-state index contributed by atoms with van der Waals surface area (Å²) in [6, 6.07) is 0.823. The zero-order valence-electron chi connectivity index (χ0n) is 10.00.